The summed E-state index contributed by atoms with van der Waals surface area (Å²) in [5, 5.41) is 26.0. The van der Waals surface area contributed by atoms with Crippen LogP contribution in [0.3, 0.4) is 0 Å². The van der Waals surface area contributed by atoms with Crippen LogP contribution in [0.15, 0.2) is 154 Å². The van der Waals surface area contributed by atoms with E-state index in [9.17, 15) is 10.2 Å². The average Bonchev–Trinajstić information content (AvgIpc) is 3.07. The Morgan fingerprint density at radius 1 is 0.444 bits per heavy atom. The van der Waals surface area contributed by atoms with E-state index in [1.807, 2.05) is 91.0 Å². The van der Waals surface area contributed by atoms with E-state index in [0.29, 0.717) is 14.7 Å². The van der Waals surface area contributed by atoms with Crippen LogP contribution in [0.1, 0.15) is 22.3 Å². The van der Waals surface area contributed by atoms with Crippen molar-refractivity contribution in [3.63, 3.8) is 0 Å². The molecule has 0 saturated heterocycles. The predicted octanol–water partition coefficient (Wildman–Crippen LogP) is 9.57. The van der Waals surface area contributed by atoms with E-state index >= 15 is 0 Å². The quantitative estimate of drug-likeness (QED) is 0.104. The van der Waals surface area contributed by atoms with E-state index in [1.54, 1.807) is 12.1 Å². The van der Waals surface area contributed by atoms with Crippen molar-refractivity contribution in [1.82, 2.24) is 0 Å². The number of hydrogen-bond acceptors (Lipinski definition) is 4. The molecule has 0 spiro atoms. The summed E-state index contributed by atoms with van der Waals surface area (Å²) in [6.45, 7) is 0. The van der Waals surface area contributed by atoms with Crippen LogP contribution < -0.4 is 10.2 Å². The van der Waals surface area contributed by atoms with Gasteiger partial charge in [-0.05, 0) is 67.6 Å². The van der Waals surface area contributed by atoms with Crippen molar-refractivity contribution in [3.05, 3.63) is 162 Å². The molecule has 0 aromatic heterocycles. The summed E-state index contributed by atoms with van der Waals surface area (Å²) in [5.74, 6) is -0.315. The molecule has 0 saturated carbocycles. The maximum absolute atomic E-state index is 13.1. The van der Waals surface area contributed by atoms with Crippen LogP contribution in [0, 0.1) is 0 Å². The van der Waals surface area contributed by atoms with Gasteiger partial charge in [-0.2, -0.15) is 0 Å². The molecule has 6 aromatic rings. The van der Waals surface area contributed by atoms with Crippen LogP contribution in [0.4, 0.5) is 0 Å². The van der Waals surface area contributed by atoms with Gasteiger partial charge in [-0.1, -0.05) is 169 Å². The first-order valence-electron chi connectivity index (χ1n) is 14.2. The van der Waals surface area contributed by atoms with Crippen molar-refractivity contribution < 1.29 is 10.2 Å². The van der Waals surface area contributed by atoms with E-state index in [0.717, 1.165) is 44.5 Å². The molecule has 0 N–H and O–H groups in total. The van der Waals surface area contributed by atoms with Crippen molar-refractivity contribution >= 4 is 71.7 Å². The Morgan fingerprint density at radius 2 is 0.867 bits per heavy atom. The Labute approximate surface area is 290 Å². The standard InChI is InChI=1S/C40H30O2S2.Mg/c41-36-24-23-34(32-19-15-30(16-20-32)13-11-28-7-3-1-4-8-28)26-38(36)44-39-27-35(25-37(43)40(39)42)33-21-17-31(18-22-33)14-12-29-9-5-2-6-10-29;/h1-27,41-43H;/q;+2/p-2/b13-11+,14-12+;. The van der Waals surface area contributed by atoms with Gasteiger partial charge < -0.3 is 10.2 Å². The second-order valence-electron chi connectivity index (χ2n) is 10.3. The van der Waals surface area contributed by atoms with E-state index in [2.05, 4.69) is 73.3 Å². The van der Waals surface area contributed by atoms with Crippen LogP contribution in [-0.4, -0.2) is 23.1 Å². The van der Waals surface area contributed by atoms with E-state index in [4.69, 9.17) is 0 Å². The molecular formula is C40H28MgO2S2. The first-order chi connectivity index (χ1) is 21.5. The van der Waals surface area contributed by atoms with Gasteiger partial charge in [0, 0.05) is 9.79 Å². The summed E-state index contributed by atoms with van der Waals surface area (Å²) < 4.78 is 0. The minimum absolute atomic E-state index is 0. The Bertz CT molecular complexity index is 1930. The Kier molecular flexibility index (Phi) is 10.9. The van der Waals surface area contributed by atoms with Crippen molar-refractivity contribution in [3.8, 4) is 33.8 Å². The minimum Gasteiger partial charge on any atom is -0.872 e. The van der Waals surface area contributed by atoms with Gasteiger partial charge >= 0.3 is 23.1 Å². The maximum Gasteiger partial charge on any atom is 2.00 e. The molecule has 5 heteroatoms. The maximum atomic E-state index is 13.1. The van der Waals surface area contributed by atoms with E-state index in [-0.39, 0.29) is 34.6 Å². The van der Waals surface area contributed by atoms with Crippen molar-refractivity contribution in [2.24, 2.45) is 0 Å². The topological polar surface area (TPSA) is 46.1 Å². The Balaban J connectivity index is 0.00000400. The summed E-state index contributed by atoms with van der Waals surface area (Å²) in [4.78, 5) is 1.32. The smallest absolute Gasteiger partial charge is 0.872 e. The fourth-order valence-electron chi connectivity index (χ4n) is 4.80. The molecule has 45 heavy (non-hydrogen) atoms. The molecule has 0 amide bonds. The Morgan fingerprint density at radius 3 is 1.38 bits per heavy atom. The van der Waals surface area contributed by atoms with Gasteiger partial charge in [0.1, 0.15) is 0 Å². The summed E-state index contributed by atoms with van der Waals surface area (Å²) in [6, 6.07) is 45.6. The SMILES string of the molecule is [Mg+2].[O-]c1ccc(-c2ccc(/C=C/c3ccccc3)cc2)cc1Sc1cc(-c2ccc(/C=C/c3ccccc3)cc2)cc(S)c1[O-]. The second kappa shape index (κ2) is 15.2. The van der Waals surface area contributed by atoms with Crippen LogP contribution in [0.5, 0.6) is 11.5 Å². The van der Waals surface area contributed by atoms with Crippen molar-refractivity contribution in [2.75, 3.05) is 0 Å². The molecule has 0 radical (unpaired) electrons. The first kappa shape index (κ1) is 32.3. The first-order valence-corrected chi connectivity index (χ1v) is 15.5. The van der Waals surface area contributed by atoms with Crippen LogP contribution >= 0.6 is 24.4 Å². The van der Waals surface area contributed by atoms with Gasteiger partial charge in [0.25, 0.3) is 0 Å². The third-order valence-corrected chi connectivity index (χ3v) is 8.62. The summed E-state index contributed by atoms with van der Waals surface area (Å²) >= 11 is 5.68. The van der Waals surface area contributed by atoms with Crippen LogP contribution in [0.2, 0.25) is 0 Å². The fourth-order valence-corrected chi connectivity index (χ4v) is 6.12. The molecule has 6 rings (SSSR count). The summed E-state index contributed by atoms with van der Waals surface area (Å²) in [5.41, 5.74) is 8.20. The number of benzene rings is 6. The van der Waals surface area contributed by atoms with Gasteiger partial charge in [-0.15, -0.1) is 12.6 Å². The zero-order valence-electron chi connectivity index (χ0n) is 24.5. The summed E-state index contributed by atoms with van der Waals surface area (Å²) in [7, 11) is 0. The summed E-state index contributed by atoms with van der Waals surface area (Å²) in [6.07, 6.45) is 8.31. The van der Waals surface area contributed by atoms with Crippen molar-refractivity contribution in [2.45, 2.75) is 14.7 Å². The molecule has 0 aliphatic carbocycles. The molecule has 0 atom stereocenters. The molecule has 6 aromatic carbocycles. The number of thiol groups is 1. The number of hydrogen-bond donors (Lipinski definition) is 1. The molecule has 0 heterocycles. The van der Waals surface area contributed by atoms with Gasteiger partial charge in [-0.3, -0.25) is 0 Å². The van der Waals surface area contributed by atoms with Gasteiger partial charge in [0.05, 0.1) is 0 Å². The number of rotatable bonds is 8. The van der Waals surface area contributed by atoms with E-state index < -0.39 is 0 Å². The van der Waals surface area contributed by atoms with Crippen LogP contribution in [0.25, 0.3) is 46.6 Å². The molecule has 2 nitrogen and oxygen atoms in total. The minimum atomic E-state index is -0.191. The van der Waals surface area contributed by atoms with Gasteiger partial charge in [0.2, 0.25) is 0 Å². The van der Waals surface area contributed by atoms with E-state index in [1.165, 1.54) is 11.8 Å². The van der Waals surface area contributed by atoms with Gasteiger partial charge in [-0.25, -0.2) is 0 Å². The zero-order valence-corrected chi connectivity index (χ0v) is 27.6. The molecule has 0 bridgehead atoms. The zero-order chi connectivity index (χ0) is 30.3. The fraction of sp³-hybridized carbons (Fsp3) is 0. The Hall–Kier alpha value is -4.13. The molecule has 0 unspecified atom stereocenters. The van der Waals surface area contributed by atoms with Crippen molar-refractivity contribution in [1.29, 1.82) is 0 Å². The average molecular weight is 629 g/mol. The predicted molar refractivity (Wildman–Crippen MR) is 191 cm³/mol. The normalized spacial score (nSPS) is 11.1. The largest absolute Gasteiger partial charge is 2.00 e. The monoisotopic (exact) mass is 628 g/mol. The third-order valence-electron chi connectivity index (χ3n) is 7.22. The van der Waals surface area contributed by atoms with Gasteiger partial charge in [0.15, 0.2) is 0 Å². The molecule has 0 fully saturated rings. The molecular weight excluding hydrogens is 601 g/mol. The molecule has 214 valence electrons. The second-order valence-corrected chi connectivity index (χ2v) is 11.9. The third kappa shape index (κ3) is 8.32. The molecule has 0 aliphatic rings. The van der Waals surface area contributed by atoms with Crippen LogP contribution in [-0.2, 0) is 0 Å². The molecule has 0 aliphatic heterocycles.